The van der Waals surface area contributed by atoms with E-state index < -0.39 is 23.4 Å². The van der Waals surface area contributed by atoms with Gasteiger partial charge in [-0.25, -0.2) is 22.8 Å². The number of aromatic nitrogens is 3. The Balaban J connectivity index is 1.82. The van der Waals surface area contributed by atoms with E-state index in [1.807, 2.05) is 13.8 Å². The van der Waals surface area contributed by atoms with Crippen molar-refractivity contribution in [2.75, 3.05) is 5.32 Å². The Morgan fingerprint density at radius 1 is 1.19 bits per heavy atom. The van der Waals surface area contributed by atoms with Crippen molar-refractivity contribution in [3.05, 3.63) is 52.6 Å². The number of fused-ring (bicyclic) bond motifs is 2. The molecule has 0 unspecified atom stereocenters. The first-order valence-corrected chi connectivity index (χ1v) is 8.71. The molecule has 0 bridgehead atoms. The molecule has 1 aliphatic rings. The van der Waals surface area contributed by atoms with Crippen LogP contribution >= 0.6 is 0 Å². The summed E-state index contributed by atoms with van der Waals surface area (Å²) in [5, 5.41) is 7.39. The van der Waals surface area contributed by atoms with Crippen molar-refractivity contribution in [2.24, 2.45) is 0 Å². The minimum absolute atomic E-state index is 0.0608. The molecule has 1 aliphatic carbocycles. The molecule has 0 spiro atoms. The molecule has 2 heterocycles. The monoisotopic (exact) mass is 374 g/mol. The fourth-order valence-electron chi connectivity index (χ4n) is 3.51. The number of aryl methyl sites for hydroxylation is 1. The molecule has 0 radical (unpaired) electrons. The number of hydrogen-bond donors (Lipinski definition) is 1. The van der Waals surface area contributed by atoms with Crippen LogP contribution in [0, 0.1) is 17.5 Å². The minimum atomic E-state index is -1.57. The summed E-state index contributed by atoms with van der Waals surface area (Å²) in [7, 11) is 0. The van der Waals surface area contributed by atoms with Crippen LogP contribution in [0.4, 0.5) is 18.9 Å². The molecule has 3 aromatic rings. The molecule has 140 valence electrons. The molecular weight excluding hydrogens is 357 g/mol. The second kappa shape index (κ2) is 6.37. The summed E-state index contributed by atoms with van der Waals surface area (Å²) in [5.41, 5.74) is 2.53. The van der Waals surface area contributed by atoms with Crippen molar-refractivity contribution in [1.29, 1.82) is 0 Å². The Morgan fingerprint density at radius 3 is 2.56 bits per heavy atom. The van der Waals surface area contributed by atoms with Gasteiger partial charge in [0.2, 0.25) is 0 Å². The number of carbonyl (C=O) groups is 1. The lowest BCUT2D eigenvalue weighted by molar-refractivity contribution is 0.102. The topological polar surface area (TPSA) is 59.8 Å². The highest BCUT2D eigenvalue weighted by atomic mass is 19.2. The highest BCUT2D eigenvalue weighted by molar-refractivity contribution is 6.13. The van der Waals surface area contributed by atoms with Crippen molar-refractivity contribution in [1.82, 2.24) is 14.8 Å². The minimum Gasteiger partial charge on any atom is -0.322 e. The molecule has 0 saturated carbocycles. The van der Waals surface area contributed by atoms with Crippen LogP contribution in [0.25, 0.3) is 11.0 Å². The van der Waals surface area contributed by atoms with E-state index in [1.165, 1.54) is 0 Å². The van der Waals surface area contributed by atoms with Gasteiger partial charge < -0.3 is 5.32 Å². The average molecular weight is 374 g/mol. The van der Waals surface area contributed by atoms with Gasteiger partial charge in [0, 0.05) is 29.6 Å². The first-order chi connectivity index (χ1) is 12.9. The number of amides is 1. The van der Waals surface area contributed by atoms with E-state index in [4.69, 9.17) is 0 Å². The molecule has 1 aromatic carbocycles. The molecule has 0 saturated heterocycles. The van der Waals surface area contributed by atoms with Crippen LogP contribution in [0.3, 0.4) is 0 Å². The van der Waals surface area contributed by atoms with Crippen LogP contribution < -0.4 is 5.32 Å². The van der Waals surface area contributed by atoms with Crippen molar-refractivity contribution in [2.45, 2.75) is 39.2 Å². The Bertz CT molecular complexity index is 1050. The Hall–Kier alpha value is -2.90. The second-order valence-corrected chi connectivity index (χ2v) is 6.89. The molecule has 0 fully saturated rings. The van der Waals surface area contributed by atoms with E-state index >= 15 is 0 Å². The maximum atomic E-state index is 13.5. The van der Waals surface area contributed by atoms with Gasteiger partial charge in [-0.15, -0.1) is 0 Å². The van der Waals surface area contributed by atoms with Crippen molar-refractivity contribution >= 4 is 22.6 Å². The number of anilines is 1. The summed E-state index contributed by atoms with van der Waals surface area (Å²) in [6.45, 7) is 3.93. The highest BCUT2D eigenvalue weighted by Gasteiger charge is 2.26. The molecule has 1 amide bonds. The molecule has 27 heavy (non-hydrogen) atoms. The second-order valence-electron chi connectivity index (χ2n) is 6.89. The highest BCUT2D eigenvalue weighted by Crippen LogP contribution is 2.31. The Kier molecular flexibility index (Phi) is 4.13. The molecule has 5 nitrogen and oxygen atoms in total. The molecule has 2 aromatic heterocycles. The zero-order valence-electron chi connectivity index (χ0n) is 14.8. The predicted molar refractivity (Wildman–Crippen MR) is 94.2 cm³/mol. The summed E-state index contributed by atoms with van der Waals surface area (Å²) < 4.78 is 41.8. The fraction of sp³-hybridized carbons (Fsp3) is 0.316. The molecule has 8 heteroatoms. The van der Waals surface area contributed by atoms with Crippen LogP contribution in [0.15, 0.2) is 18.3 Å². The first kappa shape index (κ1) is 17.5. The maximum Gasteiger partial charge on any atom is 0.256 e. The van der Waals surface area contributed by atoms with Gasteiger partial charge >= 0.3 is 0 Å². The number of halogens is 3. The van der Waals surface area contributed by atoms with Crippen molar-refractivity contribution < 1.29 is 18.0 Å². The van der Waals surface area contributed by atoms with Gasteiger partial charge in [-0.1, -0.05) is 0 Å². The van der Waals surface area contributed by atoms with E-state index in [0.29, 0.717) is 23.0 Å². The summed E-state index contributed by atoms with van der Waals surface area (Å²) in [4.78, 5) is 17.6. The molecular formula is C19H17F3N4O. The van der Waals surface area contributed by atoms with Crippen LogP contribution in [-0.2, 0) is 12.8 Å². The molecule has 1 N–H and O–H groups in total. The van der Waals surface area contributed by atoms with Crippen LogP contribution in [0.5, 0.6) is 0 Å². The number of benzene rings is 1. The first-order valence-electron chi connectivity index (χ1n) is 8.71. The number of nitrogens with zero attached hydrogens (tertiary/aromatic N) is 3. The summed E-state index contributed by atoms with van der Waals surface area (Å²) in [5.74, 6) is -4.81. The van der Waals surface area contributed by atoms with E-state index in [9.17, 15) is 18.0 Å². The van der Waals surface area contributed by atoms with Gasteiger partial charge in [0.05, 0.1) is 17.1 Å². The number of pyridine rings is 1. The average Bonchev–Trinajstić information content (AvgIpc) is 3.23. The maximum absolute atomic E-state index is 13.5. The summed E-state index contributed by atoms with van der Waals surface area (Å²) in [6, 6.07) is 1.57. The largest absolute Gasteiger partial charge is 0.322 e. The van der Waals surface area contributed by atoms with Gasteiger partial charge in [-0.2, -0.15) is 5.10 Å². The SMILES string of the molecule is CC(C)n1ncc2c(C(=O)Nc3cc(F)c(F)c(F)c3)c3c(nc21)CCC3. The quantitative estimate of drug-likeness (QED) is 0.700. The third-order valence-electron chi connectivity index (χ3n) is 4.73. The van der Waals surface area contributed by atoms with Gasteiger partial charge in [-0.05, 0) is 38.7 Å². The zero-order chi connectivity index (χ0) is 19.3. The third-order valence-corrected chi connectivity index (χ3v) is 4.73. The molecule has 0 aliphatic heterocycles. The summed E-state index contributed by atoms with van der Waals surface area (Å²) >= 11 is 0. The van der Waals surface area contributed by atoms with E-state index in [0.717, 1.165) is 36.2 Å². The van der Waals surface area contributed by atoms with Gasteiger partial charge in [-0.3, -0.25) is 4.79 Å². The van der Waals surface area contributed by atoms with Gasteiger partial charge in [0.15, 0.2) is 23.1 Å². The van der Waals surface area contributed by atoms with Crippen molar-refractivity contribution in [3.8, 4) is 0 Å². The van der Waals surface area contributed by atoms with E-state index in [1.54, 1.807) is 10.9 Å². The van der Waals surface area contributed by atoms with Crippen molar-refractivity contribution in [3.63, 3.8) is 0 Å². The van der Waals surface area contributed by atoms with Crippen LogP contribution in [0.2, 0.25) is 0 Å². The van der Waals surface area contributed by atoms with Gasteiger partial charge in [0.1, 0.15) is 0 Å². The van der Waals surface area contributed by atoms with E-state index in [-0.39, 0.29) is 11.7 Å². The predicted octanol–water partition coefficient (Wildman–Crippen LogP) is 4.17. The number of rotatable bonds is 3. The van der Waals surface area contributed by atoms with Gasteiger partial charge in [0.25, 0.3) is 5.91 Å². The lowest BCUT2D eigenvalue weighted by Gasteiger charge is -2.13. The molecule has 4 rings (SSSR count). The smallest absolute Gasteiger partial charge is 0.256 e. The van der Waals surface area contributed by atoms with E-state index in [2.05, 4.69) is 15.4 Å². The fourth-order valence-corrected chi connectivity index (χ4v) is 3.51. The number of nitrogens with one attached hydrogen (secondary N) is 1. The lowest BCUT2D eigenvalue weighted by Crippen LogP contribution is -2.16. The Labute approximate surface area is 153 Å². The third kappa shape index (κ3) is 2.85. The Morgan fingerprint density at radius 2 is 1.89 bits per heavy atom. The van der Waals surface area contributed by atoms with Crippen LogP contribution in [-0.4, -0.2) is 20.7 Å². The normalized spacial score (nSPS) is 13.4. The zero-order valence-corrected chi connectivity index (χ0v) is 14.8. The van der Waals surface area contributed by atoms with Crippen LogP contribution in [0.1, 0.15) is 47.9 Å². The summed E-state index contributed by atoms with van der Waals surface area (Å²) in [6.07, 6.45) is 3.92. The number of hydrogen-bond acceptors (Lipinski definition) is 3. The molecule has 0 atom stereocenters. The number of carbonyl (C=O) groups excluding carboxylic acids is 1. The standard InChI is InChI=1S/C19H17F3N4O/c1-9(2)26-18-12(8-23-26)16(11-4-3-5-15(11)25-18)19(27)24-10-6-13(20)17(22)14(21)7-10/h6-9H,3-5H2,1-2H3,(H,24,27). The lowest BCUT2D eigenvalue weighted by atomic mass is 10.0.